The van der Waals surface area contributed by atoms with Crippen LogP contribution >= 0.6 is 0 Å². The number of hydrogen-bond donors (Lipinski definition) is 0. The van der Waals surface area contributed by atoms with E-state index < -0.39 is 0 Å². The van der Waals surface area contributed by atoms with E-state index in [1.165, 1.54) is 24.1 Å². The Morgan fingerprint density at radius 3 is 3.04 bits per heavy atom. The standard InChI is InChI=1S/C18H18N4O/c1-21-16(13-6-2-3-7-15(13)20-21)9-10-18(23)14-12-19-22-11-5-4-8-17(14)22/h4-5,8-12H,2-3,6-7H2,1H3/b10-9+. The van der Waals surface area contributed by atoms with Gasteiger partial charge in [-0.3, -0.25) is 9.48 Å². The molecule has 0 amide bonds. The van der Waals surface area contributed by atoms with Gasteiger partial charge in [0.05, 0.1) is 28.7 Å². The van der Waals surface area contributed by atoms with Gasteiger partial charge in [-0.05, 0) is 50.0 Å². The van der Waals surface area contributed by atoms with E-state index in [9.17, 15) is 4.79 Å². The summed E-state index contributed by atoms with van der Waals surface area (Å²) >= 11 is 0. The van der Waals surface area contributed by atoms with Gasteiger partial charge < -0.3 is 0 Å². The van der Waals surface area contributed by atoms with Crippen molar-refractivity contribution in [3.05, 3.63) is 59.2 Å². The summed E-state index contributed by atoms with van der Waals surface area (Å²) in [6.45, 7) is 0. The van der Waals surface area contributed by atoms with Crippen LogP contribution in [0.1, 0.15) is 40.2 Å². The molecule has 0 fully saturated rings. The van der Waals surface area contributed by atoms with E-state index in [1.54, 1.807) is 16.8 Å². The summed E-state index contributed by atoms with van der Waals surface area (Å²) in [5.74, 6) is -0.0306. The molecule has 0 aliphatic heterocycles. The topological polar surface area (TPSA) is 52.2 Å². The molecule has 3 aromatic rings. The summed E-state index contributed by atoms with van der Waals surface area (Å²) in [7, 11) is 1.94. The van der Waals surface area contributed by atoms with E-state index in [0.717, 1.165) is 24.1 Å². The van der Waals surface area contributed by atoms with Gasteiger partial charge in [0.25, 0.3) is 0 Å². The average Bonchev–Trinajstić information content (AvgIpc) is 3.13. The van der Waals surface area contributed by atoms with Crippen LogP contribution in [0, 0.1) is 0 Å². The molecular formula is C18H18N4O. The molecule has 4 rings (SSSR count). The SMILES string of the molecule is Cn1nc2c(c1/C=C/C(=O)c1cnn3ccccc13)CCCC2. The molecule has 0 bridgehead atoms. The molecule has 1 aliphatic rings. The number of ketones is 1. The molecule has 0 unspecified atom stereocenters. The maximum atomic E-state index is 12.5. The Balaban J connectivity index is 1.66. The van der Waals surface area contributed by atoms with Gasteiger partial charge in [0, 0.05) is 18.8 Å². The fourth-order valence-corrected chi connectivity index (χ4v) is 3.28. The van der Waals surface area contributed by atoms with Crippen LogP contribution in [0.25, 0.3) is 11.6 Å². The third-order valence-electron chi connectivity index (χ3n) is 4.45. The van der Waals surface area contributed by atoms with E-state index in [1.807, 2.05) is 42.2 Å². The number of nitrogens with zero attached hydrogens (tertiary/aromatic N) is 4. The average molecular weight is 306 g/mol. The first-order valence-electron chi connectivity index (χ1n) is 7.93. The molecule has 0 aromatic carbocycles. The normalized spacial score (nSPS) is 14.5. The maximum absolute atomic E-state index is 12.5. The summed E-state index contributed by atoms with van der Waals surface area (Å²) in [5.41, 5.74) is 4.97. The van der Waals surface area contributed by atoms with E-state index in [-0.39, 0.29) is 5.78 Å². The van der Waals surface area contributed by atoms with Crippen LogP contribution in [0.5, 0.6) is 0 Å². The largest absolute Gasteiger partial charge is 0.289 e. The first kappa shape index (κ1) is 13.9. The number of allylic oxidation sites excluding steroid dienone is 1. The number of aryl methyl sites for hydroxylation is 2. The Hall–Kier alpha value is -2.69. The van der Waals surface area contributed by atoms with E-state index >= 15 is 0 Å². The van der Waals surface area contributed by atoms with Crippen LogP contribution in [-0.4, -0.2) is 25.2 Å². The number of aromatic nitrogens is 4. The Bertz CT molecular complexity index is 916. The van der Waals surface area contributed by atoms with Gasteiger partial charge in [-0.1, -0.05) is 6.07 Å². The summed E-state index contributed by atoms with van der Waals surface area (Å²) < 4.78 is 3.60. The third-order valence-corrected chi connectivity index (χ3v) is 4.45. The van der Waals surface area contributed by atoms with Crippen molar-refractivity contribution in [2.24, 2.45) is 7.05 Å². The van der Waals surface area contributed by atoms with Crippen molar-refractivity contribution in [1.29, 1.82) is 0 Å². The smallest absolute Gasteiger partial charge is 0.189 e. The number of pyridine rings is 1. The minimum absolute atomic E-state index is 0.0306. The molecule has 23 heavy (non-hydrogen) atoms. The minimum Gasteiger partial charge on any atom is -0.289 e. The molecular weight excluding hydrogens is 288 g/mol. The molecule has 0 radical (unpaired) electrons. The predicted octanol–water partition coefficient (Wildman–Crippen LogP) is 2.84. The maximum Gasteiger partial charge on any atom is 0.189 e. The lowest BCUT2D eigenvalue weighted by Crippen LogP contribution is -2.01. The Labute approximate surface area is 134 Å². The molecule has 0 saturated heterocycles. The highest BCUT2D eigenvalue weighted by molar-refractivity contribution is 6.11. The highest BCUT2D eigenvalue weighted by atomic mass is 16.1. The minimum atomic E-state index is -0.0306. The van der Waals surface area contributed by atoms with E-state index in [0.29, 0.717) is 5.56 Å². The van der Waals surface area contributed by atoms with Crippen molar-refractivity contribution in [3.8, 4) is 0 Å². The fraction of sp³-hybridized carbons (Fsp3) is 0.278. The van der Waals surface area contributed by atoms with Crippen LogP contribution < -0.4 is 0 Å². The lowest BCUT2D eigenvalue weighted by molar-refractivity contribution is 0.104. The molecule has 0 spiro atoms. The van der Waals surface area contributed by atoms with Gasteiger partial charge in [-0.2, -0.15) is 10.2 Å². The number of carbonyl (C=O) groups excluding carboxylic acids is 1. The number of hydrogen-bond acceptors (Lipinski definition) is 3. The summed E-state index contributed by atoms with van der Waals surface area (Å²) in [6.07, 6.45) is 11.5. The van der Waals surface area contributed by atoms with Crippen LogP contribution in [0.3, 0.4) is 0 Å². The van der Waals surface area contributed by atoms with Crippen molar-refractivity contribution < 1.29 is 4.79 Å². The molecule has 3 aromatic heterocycles. The van der Waals surface area contributed by atoms with Gasteiger partial charge in [0.1, 0.15) is 0 Å². The van der Waals surface area contributed by atoms with Crippen LogP contribution in [0.15, 0.2) is 36.7 Å². The van der Waals surface area contributed by atoms with Crippen LogP contribution in [-0.2, 0) is 19.9 Å². The van der Waals surface area contributed by atoms with Gasteiger partial charge in [0.2, 0.25) is 0 Å². The number of rotatable bonds is 3. The Kier molecular flexibility index (Phi) is 3.33. The molecule has 3 heterocycles. The molecule has 0 N–H and O–H groups in total. The second kappa shape index (κ2) is 5.50. The number of carbonyl (C=O) groups is 1. The quantitative estimate of drug-likeness (QED) is 0.552. The zero-order valence-electron chi connectivity index (χ0n) is 13.1. The fourth-order valence-electron chi connectivity index (χ4n) is 3.28. The summed E-state index contributed by atoms with van der Waals surface area (Å²) in [5, 5.41) is 8.80. The van der Waals surface area contributed by atoms with Gasteiger partial charge >= 0.3 is 0 Å². The lowest BCUT2D eigenvalue weighted by atomic mass is 9.95. The summed E-state index contributed by atoms with van der Waals surface area (Å²) in [6, 6.07) is 5.71. The third kappa shape index (κ3) is 2.38. The summed E-state index contributed by atoms with van der Waals surface area (Å²) in [4.78, 5) is 12.5. The Morgan fingerprint density at radius 2 is 2.13 bits per heavy atom. The lowest BCUT2D eigenvalue weighted by Gasteiger charge is -2.09. The van der Waals surface area contributed by atoms with Crippen LogP contribution in [0.4, 0.5) is 0 Å². The van der Waals surface area contributed by atoms with Crippen molar-refractivity contribution in [2.45, 2.75) is 25.7 Å². The first-order valence-corrected chi connectivity index (χ1v) is 7.93. The van der Waals surface area contributed by atoms with Gasteiger partial charge in [-0.25, -0.2) is 4.52 Å². The molecule has 5 heteroatoms. The molecule has 0 saturated carbocycles. The van der Waals surface area contributed by atoms with E-state index in [2.05, 4.69) is 10.2 Å². The van der Waals surface area contributed by atoms with Crippen molar-refractivity contribution in [1.82, 2.24) is 19.4 Å². The molecule has 116 valence electrons. The van der Waals surface area contributed by atoms with Gasteiger partial charge in [0.15, 0.2) is 5.78 Å². The first-order chi connectivity index (χ1) is 11.2. The highest BCUT2D eigenvalue weighted by Gasteiger charge is 2.18. The van der Waals surface area contributed by atoms with Gasteiger partial charge in [-0.15, -0.1) is 0 Å². The zero-order chi connectivity index (χ0) is 15.8. The second-order valence-electron chi connectivity index (χ2n) is 5.93. The Morgan fingerprint density at radius 1 is 1.26 bits per heavy atom. The monoisotopic (exact) mass is 306 g/mol. The van der Waals surface area contributed by atoms with E-state index in [4.69, 9.17) is 0 Å². The van der Waals surface area contributed by atoms with Crippen molar-refractivity contribution >= 4 is 17.4 Å². The number of fused-ring (bicyclic) bond motifs is 2. The van der Waals surface area contributed by atoms with Crippen LogP contribution in [0.2, 0.25) is 0 Å². The molecule has 0 atom stereocenters. The second-order valence-corrected chi connectivity index (χ2v) is 5.93. The van der Waals surface area contributed by atoms with Crippen molar-refractivity contribution in [3.63, 3.8) is 0 Å². The molecule has 1 aliphatic carbocycles. The predicted molar refractivity (Wildman–Crippen MR) is 88.4 cm³/mol. The highest BCUT2D eigenvalue weighted by Crippen LogP contribution is 2.24. The zero-order valence-corrected chi connectivity index (χ0v) is 13.1. The van der Waals surface area contributed by atoms with Crippen molar-refractivity contribution in [2.75, 3.05) is 0 Å². The molecule has 5 nitrogen and oxygen atoms in total.